The molecule has 0 saturated carbocycles. The average Bonchev–Trinajstić information content (AvgIpc) is 3.40. The van der Waals surface area contributed by atoms with Gasteiger partial charge in [-0.3, -0.25) is 4.98 Å². The summed E-state index contributed by atoms with van der Waals surface area (Å²) in [5, 5.41) is 3.66. The number of rotatable bonds is 4. The van der Waals surface area contributed by atoms with E-state index in [1.165, 1.54) is 37.0 Å². The first-order valence-electron chi connectivity index (χ1n) is 13.4. The monoisotopic (exact) mass is 518 g/mol. The fourth-order valence-corrected chi connectivity index (χ4v) is 6.75. The molecule has 0 aliphatic carbocycles. The van der Waals surface area contributed by atoms with E-state index in [0.29, 0.717) is 11.6 Å². The highest BCUT2D eigenvalue weighted by atomic mass is 32.1. The Kier molecular flexibility index (Phi) is 5.92. The molecule has 0 amide bonds. The van der Waals surface area contributed by atoms with E-state index >= 15 is 0 Å². The third-order valence-electron chi connectivity index (χ3n) is 7.47. The van der Waals surface area contributed by atoms with Crippen LogP contribution in [-0.4, -0.2) is 9.97 Å². The number of pyridine rings is 2. The first kappa shape index (κ1) is 24.8. The Bertz CT molecular complexity index is 1830. The summed E-state index contributed by atoms with van der Waals surface area (Å²) in [6.45, 7) is 15.7. The fraction of sp³-hybridized carbons (Fsp3) is 0.294. The van der Waals surface area contributed by atoms with Crippen LogP contribution in [0.25, 0.3) is 54.5 Å². The molecule has 6 aromatic rings. The van der Waals surface area contributed by atoms with Gasteiger partial charge in [0, 0.05) is 26.7 Å². The average molecular weight is 519 g/mol. The van der Waals surface area contributed by atoms with Crippen molar-refractivity contribution in [3.8, 4) is 22.4 Å². The van der Waals surface area contributed by atoms with E-state index in [-0.39, 0.29) is 5.41 Å². The lowest BCUT2D eigenvalue weighted by atomic mass is 9.83. The first-order valence-corrected chi connectivity index (χ1v) is 14.2. The lowest BCUT2D eigenvalue weighted by Crippen LogP contribution is -2.12. The number of aryl methyl sites for hydroxylation is 2. The van der Waals surface area contributed by atoms with E-state index in [4.69, 9.17) is 14.4 Å². The molecule has 0 N–H and O–H groups in total. The summed E-state index contributed by atoms with van der Waals surface area (Å²) in [7, 11) is 0. The largest absolute Gasteiger partial charge is 0.446 e. The van der Waals surface area contributed by atoms with Gasteiger partial charge in [-0.2, -0.15) is 0 Å². The molecule has 0 aliphatic heterocycles. The molecule has 4 heteroatoms. The van der Waals surface area contributed by atoms with Crippen LogP contribution in [0.4, 0.5) is 0 Å². The molecule has 0 radical (unpaired) electrons. The molecule has 4 heterocycles. The Labute approximate surface area is 228 Å². The minimum Gasteiger partial charge on any atom is -0.446 e. The van der Waals surface area contributed by atoms with Crippen LogP contribution in [0.15, 0.2) is 65.4 Å². The Morgan fingerprint density at radius 3 is 2.53 bits per heavy atom. The number of aromatic nitrogens is 2. The third-order valence-corrected chi connectivity index (χ3v) is 8.58. The van der Waals surface area contributed by atoms with E-state index in [9.17, 15) is 0 Å². The van der Waals surface area contributed by atoms with Gasteiger partial charge >= 0.3 is 0 Å². The highest BCUT2D eigenvalue weighted by molar-refractivity contribution is 7.19. The number of benzene rings is 2. The van der Waals surface area contributed by atoms with Gasteiger partial charge in [-0.15, -0.1) is 11.3 Å². The second kappa shape index (κ2) is 9.06. The van der Waals surface area contributed by atoms with Gasteiger partial charge in [-0.25, -0.2) is 4.98 Å². The van der Waals surface area contributed by atoms with Crippen molar-refractivity contribution >= 4 is 43.4 Å². The van der Waals surface area contributed by atoms with Crippen LogP contribution in [0.3, 0.4) is 0 Å². The van der Waals surface area contributed by atoms with E-state index < -0.39 is 0 Å². The van der Waals surface area contributed by atoms with Crippen molar-refractivity contribution in [3.63, 3.8) is 0 Å². The third kappa shape index (κ3) is 4.21. The van der Waals surface area contributed by atoms with E-state index in [2.05, 4.69) is 90.9 Å². The second-order valence-electron chi connectivity index (χ2n) is 11.9. The van der Waals surface area contributed by atoms with Crippen molar-refractivity contribution in [1.29, 1.82) is 0 Å². The van der Waals surface area contributed by atoms with Crippen molar-refractivity contribution in [1.82, 2.24) is 9.97 Å². The molecule has 192 valence electrons. The molecular formula is C34H34N2OS. The van der Waals surface area contributed by atoms with Crippen LogP contribution in [0.2, 0.25) is 0 Å². The number of furan rings is 1. The molecule has 2 aromatic carbocycles. The lowest BCUT2D eigenvalue weighted by Gasteiger charge is -2.22. The van der Waals surface area contributed by atoms with Crippen LogP contribution < -0.4 is 0 Å². The van der Waals surface area contributed by atoms with Gasteiger partial charge in [0.15, 0.2) is 0 Å². The molecule has 0 atom stereocenters. The van der Waals surface area contributed by atoms with E-state index in [1.807, 2.05) is 29.9 Å². The summed E-state index contributed by atoms with van der Waals surface area (Å²) >= 11 is 1.90. The van der Waals surface area contributed by atoms with Gasteiger partial charge in [0.05, 0.1) is 22.9 Å². The molecule has 6 rings (SSSR count). The number of fused-ring (bicyclic) bond motifs is 3. The number of hydrogen-bond acceptors (Lipinski definition) is 4. The maximum Gasteiger partial charge on any atom is 0.227 e. The van der Waals surface area contributed by atoms with Crippen LogP contribution in [-0.2, 0) is 11.8 Å². The summed E-state index contributed by atoms with van der Waals surface area (Å²) in [5.74, 6) is 0.636. The van der Waals surface area contributed by atoms with Crippen LogP contribution in [0.5, 0.6) is 0 Å². The van der Waals surface area contributed by atoms with Crippen LogP contribution in [0, 0.1) is 19.8 Å². The highest BCUT2D eigenvalue weighted by Gasteiger charge is 2.21. The number of thiophene rings is 1. The zero-order valence-electron chi connectivity index (χ0n) is 23.3. The lowest BCUT2D eigenvalue weighted by molar-refractivity contribution is 0.596. The number of nitrogens with zero attached hydrogens (tertiary/aromatic N) is 2. The summed E-state index contributed by atoms with van der Waals surface area (Å²) in [5.41, 5.74) is 9.83. The molecule has 0 unspecified atom stereocenters. The summed E-state index contributed by atoms with van der Waals surface area (Å²) in [4.78, 5) is 11.1. The Morgan fingerprint density at radius 2 is 1.76 bits per heavy atom. The molecule has 4 aromatic heterocycles. The molecule has 3 nitrogen and oxygen atoms in total. The zero-order valence-corrected chi connectivity index (χ0v) is 24.1. The van der Waals surface area contributed by atoms with Gasteiger partial charge in [0.2, 0.25) is 5.71 Å². The molecule has 0 fully saturated rings. The normalized spacial score (nSPS) is 12.4. The Morgan fingerprint density at radius 1 is 0.947 bits per heavy atom. The summed E-state index contributed by atoms with van der Waals surface area (Å²) in [6, 6.07) is 17.8. The predicted octanol–water partition coefficient (Wildman–Crippen LogP) is 10.0. The maximum atomic E-state index is 5.99. The molecular weight excluding hydrogens is 484 g/mol. The van der Waals surface area contributed by atoms with Crippen molar-refractivity contribution in [3.05, 3.63) is 82.6 Å². The van der Waals surface area contributed by atoms with Crippen molar-refractivity contribution < 1.29 is 4.42 Å². The van der Waals surface area contributed by atoms with Crippen LogP contribution >= 0.6 is 11.3 Å². The van der Waals surface area contributed by atoms with Gasteiger partial charge in [-0.05, 0) is 95.1 Å². The molecule has 0 saturated heterocycles. The van der Waals surface area contributed by atoms with Gasteiger partial charge < -0.3 is 4.42 Å². The minimum absolute atomic E-state index is 0.0265. The molecule has 0 spiro atoms. The SMILES string of the molecule is Cc1sc2cc(-c3cc(-c4cc(C(C)(C)C)c5cccnc5c4)nc4occ(C)c34)ccc2c1CC(C)C. The van der Waals surface area contributed by atoms with Crippen molar-refractivity contribution in [2.45, 2.75) is 60.3 Å². The minimum atomic E-state index is -0.0265. The molecule has 0 aliphatic rings. The summed E-state index contributed by atoms with van der Waals surface area (Å²) in [6.07, 6.45) is 4.80. The van der Waals surface area contributed by atoms with Crippen LogP contribution in [0.1, 0.15) is 56.2 Å². The molecule has 38 heavy (non-hydrogen) atoms. The van der Waals surface area contributed by atoms with Crippen molar-refractivity contribution in [2.75, 3.05) is 0 Å². The van der Waals surface area contributed by atoms with Gasteiger partial charge in [-0.1, -0.05) is 52.8 Å². The van der Waals surface area contributed by atoms with E-state index in [0.717, 1.165) is 39.7 Å². The second-order valence-corrected chi connectivity index (χ2v) is 13.2. The maximum absolute atomic E-state index is 5.99. The molecule has 0 bridgehead atoms. The van der Waals surface area contributed by atoms with Crippen molar-refractivity contribution in [2.24, 2.45) is 5.92 Å². The standard InChI is InChI=1S/C34H34N2OS/c1-19(2)13-26-21(4)38-31-16-22(10-11-24(26)31)27-17-29(36-33-32(27)20(3)18-37-33)23-14-28(34(5,6)7)25-9-8-12-35-30(25)15-23/h8-12,14-19H,13H2,1-7H3. The predicted molar refractivity (Wildman–Crippen MR) is 162 cm³/mol. The topological polar surface area (TPSA) is 38.9 Å². The quantitative estimate of drug-likeness (QED) is 0.233. The Hall–Kier alpha value is -3.50. The van der Waals surface area contributed by atoms with Gasteiger partial charge in [0.1, 0.15) is 0 Å². The first-order chi connectivity index (χ1) is 18.1. The zero-order chi connectivity index (χ0) is 26.8. The Balaban J connectivity index is 1.58. The van der Waals surface area contributed by atoms with E-state index in [1.54, 1.807) is 0 Å². The smallest absolute Gasteiger partial charge is 0.227 e. The number of hydrogen-bond donors (Lipinski definition) is 0. The summed E-state index contributed by atoms with van der Waals surface area (Å²) < 4.78 is 7.33. The fourth-order valence-electron chi connectivity index (χ4n) is 5.62. The van der Waals surface area contributed by atoms with Gasteiger partial charge in [0.25, 0.3) is 0 Å². The highest BCUT2D eigenvalue weighted by Crippen LogP contribution is 2.40.